The Morgan fingerprint density at radius 3 is 2.38 bits per heavy atom. The minimum absolute atomic E-state index is 0.0242. The fraction of sp³-hybridized carbons (Fsp3) is 0.303. The summed E-state index contributed by atoms with van der Waals surface area (Å²) >= 11 is 0. The summed E-state index contributed by atoms with van der Waals surface area (Å²) in [6.45, 7) is 4.96. The Balaban J connectivity index is 0.000000983. The summed E-state index contributed by atoms with van der Waals surface area (Å²) in [5.41, 5.74) is 5.25. The molecule has 6 rings (SSSR count). The van der Waals surface area contributed by atoms with E-state index in [1.165, 1.54) is 36.3 Å². The van der Waals surface area contributed by atoms with Gasteiger partial charge in [0.05, 0.1) is 16.7 Å². The first-order valence-electron chi connectivity index (χ1n) is 13.5. The van der Waals surface area contributed by atoms with E-state index in [2.05, 4.69) is 35.1 Å². The fourth-order valence-corrected chi connectivity index (χ4v) is 5.47. The lowest BCUT2D eigenvalue weighted by Gasteiger charge is -2.32. The first kappa shape index (κ1) is 26.4. The van der Waals surface area contributed by atoms with Gasteiger partial charge in [-0.25, -0.2) is 9.37 Å². The summed E-state index contributed by atoms with van der Waals surface area (Å²) in [7, 11) is 0. The second-order valence-electron chi connectivity index (χ2n) is 10.3. The molecule has 1 aromatic heterocycles. The maximum Gasteiger partial charge on any atom is 0.253 e. The lowest BCUT2D eigenvalue weighted by Crippen LogP contribution is -2.38. The van der Waals surface area contributed by atoms with E-state index in [0.29, 0.717) is 41.7 Å². The number of hydrogen-bond donors (Lipinski definition) is 1. The molecule has 2 fully saturated rings. The summed E-state index contributed by atoms with van der Waals surface area (Å²) in [6.07, 6.45) is 8.85. The Morgan fingerprint density at radius 2 is 1.72 bits per heavy atom. The molecule has 1 saturated heterocycles. The number of rotatable bonds is 5. The molecular weight excluding hydrogens is 487 g/mol. The van der Waals surface area contributed by atoms with Crippen LogP contribution in [-0.4, -0.2) is 39.2 Å². The summed E-state index contributed by atoms with van der Waals surface area (Å²) in [6, 6.07) is 20.5. The highest BCUT2D eigenvalue weighted by Crippen LogP contribution is 2.42. The van der Waals surface area contributed by atoms with Gasteiger partial charge in [0, 0.05) is 41.7 Å². The predicted molar refractivity (Wildman–Crippen MR) is 154 cm³/mol. The molecule has 0 bridgehead atoms. The summed E-state index contributed by atoms with van der Waals surface area (Å²) in [5, 5.41) is 8.51. The fourth-order valence-electron chi connectivity index (χ4n) is 5.47. The quantitative estimate of drug-likeness (QED) is 0.230. The number of para-hydroxylation sites is 2. The number of imidazole rings is 1. The molecule has 2 heterocycles. The molecule has 0 atom stereocenters. The first-order chi connectivity index (χ1) is 18.9. The van der Waals surface area contributed by atoms with Gasteiger partial charge in [-0.3, -0.25) is 10.2 Å². The van der Waals surface area contributed by atoms with Crippen LogP contribution in [0.15, 0.2) is 66.7 Å². The Bertz CT molecular complexity index is 1570. The number of aromatic nitrogens is 2. The van der Waals surface area contributed by atoms with Gasteiger partial charge < -0.3 is 9.47 Å². The molecule has 2 aliphatic rings. The van der Waals surface area contributed by atoms with Crippen molar-refractivity contribution in [2.75, 3.05) is 13.1 Å². The maximum atomic E-state index is 13.6. The van der Waals surface area contributed by atoms with Crippen LogP contribution < -0.4 is 0 Å². The monoisotopic (exact) mass is 520 g/mol. The second-order valence-corrected chi connectivity index (χ2v) is 10.3. The number of nitrogens with zero attached hydrogens (tertiary/aromatic N) is 3. The first-order valence-corrected chi connectivity index (χ1v) is 13.5. The van der Waals surface area contributed by atoms with Crippen molar-refractivity contribution in [2.45, 2.75) is 51.5 Å². The van der Waals surface area contributed by atoms with Gasteiger partial charge in [0.15, 0.2) is 0 Å². The molecule has 3 aromatic carbocycles. The van der Waals surface area contributed by atoms with Crippen LogP contribution in [0.1, 0.15) is 77.4 Å². The third-order valence-corrected chi connectivity index (χ3v) is 7.54. The lowest BCUT2D eigenvalue weighted by atomic mass is 9.94. The van der Waals surface area contributed by atoms with Gasteiger partial charge in [-0.15, -0.1) is 12.3 Å². The molecule has 0 spiro atoms. The van der Waals surface area contributed by atoms with E-state index in [9.17, 15) is 9.18 Å². The number of fused-ring (bicyclic) bond motifs is 1. The number of amides is 1. The van der Waals surface area contributed by atoms with E-state index in [1.807, 2.05) is 24.0 Å². The number of terminal acetylenes is 1. The number of carbonyl (C=O) groups is 1. The van der Waals surface area contributed by atoms with Gasteiger partial charge >= 0.3 is 0 Å². The predicted octanol–water partition coefficient (Wildman–Crippen LogP) is 6.89. The van der Waals surface area contributed by atoms with Crippen LogP contribution in [0.25, 0.3) is 11.0 Å². The minimum atomic E-state index is -0.363. The lowest BCUT2D eigenvalue weighted by molar-refractivity contribution is 0.0710. The van der Waals surface area contributed by atoms with Crippen molar-refractivity contribution in [3.8, 4) is 12.3 Å². The van der Waals surface area contributed by atoms with Crippen LogP contribution in [0.4, 0.5) is 4.39 Å². The normalized spacial score (nSPS) is 15.4. The number of aryl methyl sites for hydroxylation is 1. The van der Waals surface area contributed by atoms with Gasteiger partial charge in [0.25, 0.3) is 5.91 Å². The van der Waals surface area contributed by atoms with E-state index in [1.54, 1.807) is 31.2 Å². The molecule has 4 aromatic rings. The molecule has 39 heavy (non-hydrogen) atoms. The van der Waals surface area contributed by atoms with Gasteiger partial charge in [-0.05, 0) is 81.5 Å². The molecular formula is C33H33FN4O. The molecule has 1 aliphatic carbocycles. The van der Waals surface area contributed by atoms with Crippen molar-refractivity contribution in [1.82, 2.24) is 14.5 Å². The summed E-state index contributed by atoms with van der Waals surface area (Å²) in [4.78, 5) is 20.3. The molecule has 1 N–H and O–H groups in total. The van der Waals surface area contributed by atoms with Gasteiger partial charge in [-0.1, -0.05) is 30.3 Å². The highest BCUT2D eigenvalue weighted by molar-refractivity contribution is 6.12. The Kier molecular flexibility index (Phi) is 7.60. The van der Waals surface area contributed by atoms with Gasteiger partial charge in [-0.2, -0.15) is 0 Å². The van der Waals surface area contributed by atoms with Crippen molar-refractivity contribution in [1.29, 1.82) is 5.41 Å². The molecule has 5 nitrogen and oxygen atoms in total. The molecule has 0 unspecified atom stereocenters. The van der Waals surface area contributed by atoms with E-state index in [4.69, 9.17) is 10.4 Å². The van der Waals surface area contributed by atoms with Crippen LogP contribution in [0.3, 0.4) is 0 Å². The third kappa shape index (κ3) is 5.49. The molecule has 1 saturated carbocycles. The van der Waals surface area contributed by atoms with E-state index in [0.717, 1.165) is 23.9 Å². The number of benzene rings is 3. The minimum Gasteiger partial charge on any atom is -0.339 e. The molecule has 198 valence electrons. The van der Waals surface area contributed by atoms with Crippen LogP contribution in [0.2, 0.25) is 0 Å². The Labute approximate surface area is 229 Å². The van der Waals surface area contributed by atoms with Crippen molar-refractivity contribution in [3.05, 3.63) is 101 Å². The van der Waals surface area contributed by atoms with Crippen LogP contribution in [-0.2, 0) is 0 Å². The van der Waals surface area contributed by atoms with E-state index < -0.39 is 0 Å². The van der Waals surface area contributed by atoms with Crippen molar-refractivity contribution < 1.29 is 9.18 Å². The summed E-state index contributed by atoms with van der Waals surface area (Å²) in [5.74, 6) is 3.45. The van der Waals surface area contributed by atoms with Crippen LogP contribution >= 0.6 is 0 Å². The standard InChI is InChI=1S/C30H29FN4O.C3H4/c1-19-17-22(9-12-25(19)28(32)21-5-4-6-23(31)18-21)30(36)34-15-13-20(14-16-34)29-33-26-7-2-3-8-27(26)35(29)24-10-11-24;1-3-2/h2-9,12,17-18,20,24,32H,10-11,13-16H2,1H3;1H,2H3. The average Bonchev–Trinajstić information content (AvgIpc) is 3.72. The number of piperidine rings is 1. The topological polar surface area (TPSA) is 62.0 Å². The zero-order valence-corrected chi connectivity index (χ0v) is 22.5. The number of halogens is 1. The number of carbonyl (C=O) groups excluding carboxylic acids is 1. The molecule has 1 amide bonds. The Morgan fingerprint density at radius 1 is 1.00 bits per heavy atom. The third-order valence-electron chi connectivity index (χ3n) is 7.54. The van der Waals surface area contributed by atoms with Crippen LogP contribution in [0, 0.1) is 30.5 Å². The second kappa shape index (κ2) is 11.2. The zero-order chi connectivity index (χ0) is 27.5. The SMILES string of the molecule is C#CC.Cc1cc(C(=O)N2CCC(c3nc4ccccc4n3C3CC3)CC2)ccc1C(=N)c1cccc(F)c1. The zero-order valence-electron chi connectivity index (χ0n) is 22.5. The largest absolute Gasteiger partial charge is 0.339 e. The Hall–Kier alpha value is -4.24. The molecule has 0 radical (unpaired) electrons. The van der Waals surface area contributed by atoms with Crippen molar-refractivity contribution in [3.63, 3.8) is 0 Å². The van der Waals surface area contributed by atoms with Gasteiger partial charge in [0.1, 0.15) is 11.6 Å². The maximum absolute atomic E-state index is 13.6. The van der Waals surface area contributed by atoms with Crippen molar-refractivity contribution >= 4 is 22.7 Å². The highest BCUT2D eigenvalue weighted by atomic mass is 19.1. The average molecular weight is 521 g/mol. The summed E-state index contributed by atoms with van der Waals surface area (Å²) < 4.78 is 16.1. The van der Waals surface area contributed by atoms with Crippen LogP contribution in [0.5, 0.6) is 0 Å². The number of nitrogens with one attached hydrogen (secondary N) is 1. The molecule has 1 aliphatic heterocycles. The molecule has 6 heteroatoms. The van der Waals surface area contributed by atoms with E-state index >= 15 is 0 Å². The highest BCUT2D eigenvalue weighted by Gasteiger charge is 2.33. The smallest absolute Gasteiger partial charge is 0.253 e. The van der Waals surface area contributed by atoms with Crippen molar-refractivity contribution in [2.24, 2.45) is 0 Å². The number of hydrogen-bond acceptors (Lipinski definition) is 3. The number of likely N-dealkylation sites (tertiary alicyclic amines) is 1. The van der Waals surface area contributed by atoms with Gasteiger partial charge in [0.2, 0.25) is 0 Å². The van der Waals surface area contributed by atoms with E-state index in [-0.39, 0.29) is 17.4 Å².